The Morgan fingerprint density at radius 1 is 0.685 bits per heavy atom. The van der Waals surface area contributed by atoms with Gasteiger partial charge in [0.25, 0.3) is 11.4 Å². The fraction of sp³-hybridized carbons (Fsp3) is 0.429. The quantitative estimate of drug-likeness (QED) is 0.0619. The lowest BCUT2D eigenvalue weighted by molar-refractivity contribution is -0.919. The number of nitro groups is 2. The maximum Gasteiger partial charge on any atom is 0.519 e. The molecule has 12 rings (SSSR count). The van der Waals surface area contributed by atoms with Crippen LogP contribution in [-0.2, 0) is 33.3 Å². The van der Waals surface area contributed by atoms with Crippen LogP contribution in [0.5, 0.6) is 34.5 Å². The molecule has 2 saturated heterocycles. The zero-order valence-electron chi connectivity index (χ0n) is 39.0. The summed E-state index contributed by atoms with van der Waals surface area (Å²) in [5, 5.41) is 31.2. The Morgan fingerprint density at radius 3 is 1.56 bits per heavy atom. The molecule has 4 aliphatic carbocycles. The highest BCUT2D eigenvalue weighted by molar-refractivity contribution is 6.63. The van der Waals surface area contributed by atoms with Crippen LogP contribution in [0.2, 0.25) is 0 Å². The summed E-state index contributed by atoms with van der Waals surface area (Å²) >= 11 is 19.3. The number of nitro benzene ring substituents is 2. The van der Waals surface area contributed by atoms with E-state index < -0.39 is 31.8 Å². The minimum absolute atomic E-state index is 0. The van der Waals surface area contributed by atoms with Crippen LogP contribution in [0.3, 0.4) is 0 Å². The Morgan fingerprint density at radius 2 is 1.11 bits per heavy atom. The van der Waals surface area contributed by atoms with Gasteiger partial charge in [-0.25, -0.2) is 9.59 Å². The molecular weight excluding hydrogens is 1080 g/mol. The summed E-state index contributed by atoms with van der Waals surface area (Å²) in [5.74, 6) is 3.06. The van der Waals surface area contributed by atoms with E-state index in [2.05, 4.69) is 18.8 Å². The fourth-order valence-corrected chi connectivity index (χ4v) is 13.1. The molecule has 2 spiro atoms. The number of hydrogen-bond donors (Lipinski definition) is 3. The van der Waals surface area contributed by atoms with Crippen molar-refractivity contribution in [2.24, 2.45) is 11.8 Å². The number of quaternary nitrogens is 2. The number of alkyl halides is 3. The predicted molar refractivity (Wildman–Crippen MR) is 256 cm³/mol. The largest absolute Gasteiger partial charge is 1.00 e. The van der Waals surface area contributed by atoms with E-state index in [1.54, 1.807) is 17.0 Å². The van der Waals surface area contributed by atoms with Crippen molar-refractivity contribution in [3.05, 3.63) is 115 Å². The number of nitrogens with zero attached hydrogens (tertiary/aromatic N) is 2. The van der Waals surface area contributed by atoms with Gasteiger partial charge in [0, 0.05) is 97.4 Å². The van der Waals surface area contributed by atoms with Gasteiger partial charge in [0.2, 0.25) is 0 Å². The number of hydrogen-bond acceptors (Lipinski definition) is 14. The molecule has 3 N–H and O–H groups in total. The number of aromatic hydroxyl groups is 1. The van der Waals surface area contributed by atoms with Crippen molar-refractivity contribution in [1.82, 2.24) is 0 Å². The Labute approximate surface area is 450 Å². The van der Waals surface area contributed by atoms with Gasteiger partial charge in [-0.3, -0.25) is 29.8 Å². The molecule has 4 aromatic carbocycles. The second kappa shape index (κ2) is 22.0. The first kappa shape index (κ1) is 55.6. The maximum atomic E-state index is 12.9. The van der Waals surface area contributed by atoms with Gasteiger partial charge >= 0.3 is 11.6 Å². The van der Waals surface area contributed by atoms with E-state index >= 15 is 0 Å². The van der Waals surface area contributed by atoms with Gasteiger partial charge in [0.15, 0.2) is 51.1 Å². The number of rotatable bonds is 5. The Kier molecular flexibility index (Phi) is 16.7. The molecule has 10 unspecified atom stereocenters. The lowest BCUT2D eigenvalue weighted by Gasteiger charge is -2.54. The van der Waals surface area contributed by atoms with Crippen LogP contribution in [0.4, 0.5) is 21.0 Å². The van der Waals surface area contributed by atoms with E-state index in [1.807, 2.05) is 12.1 Å². The highest BCUT2D eigenvalue weighted by Crippen LogP contribution is 2.63. The number of phenolic OH excluding ortho intramolecular Hbond substituents is 1. The minimum atomic E-state index is -0.978. The van der Waals surface area contributed by atoms with Crippen molar-refractivity contribution in [3.63, 3.8) is 0 Å². The Hall–Kier alpha value is -5.18. The summed E-state index contributed by atoms with van der Waals surface area (Å²) in [6, 6.07) is 18.7. The van der Waals surface area contributed by atoms with Crippen LogP contribution in [0, 0.1) is 32.1 Å². The van der Waals surface area contributed by atoms with Gasteiger partial charge in [-0.05, 0) is 60.4 Å². The molecule has 8 aliphatic rings. The number of likely N-dealkylation sites (N-methyl/N-ethyl adjacent to an activating group) is 2. The number of carbonyl (C=O) groups is 4. The third kappa shape index (κ3) is 10.1. The molecule has 4 fully saturated rings. The number of ether oxygens (including phenoxy) is 5. The standard InChI is InChI=1S/C24H22N2O7.C17H19NO3.C7H4ClNO4.CHCl3.2ClH/c1-25-11-10-24-16-7-8-18(27)22(24)33-21-19(9-2-13(20(21)24)12-17(16)25)32-23(28)31-15-5-3-14(4-6-15)26(29)30;1-18-7-6-17-10-3-5-13(20)16(17)21-15-12(19)4-2-9(14(15)17)8-11(10)18;8-7(10)13-6-3-1-5(2-4-6)9(11)12;2-1(3)4;;/h2-6,9,16-17,22H,7-8,10-12H2,1H3;2,4,10-11,16,19H,3,5-8H2,1H3;1-4H;1H;2*1H. The number of likely N-dealkylation sites (tertiary alicyclic amines) is 2. The topological polar surface area (TPSA) is 230 Å². The monoisotopic (exact) mass is 1130 g/mol. The van der Waals surface area contributed by atoms with E-state index in [-0.39, 0.29) is 87.7 Å². The molecular formula is C49H48Cl6N4O14. The van der Waals surface area contributed by atoms with Gasteiger partial charge in [-0.2, -0.15) is 0 Å². The third-order valence-corrected chi connectivity index (χ3v) is 15.8. The first-order valence-electron chi connectivity index (χ1n) is 23.1. The van der Waals surface area contributed by atoms with E-state index in [4.69, 9.17) is 65.4 Å². The second-order valence-corrected chi connectivity index (χ2v) is 21.3. The number of phenols is 1. The molecule has 2 saturated carbocycles. The number of nitrogens with one attached hydrogen (secondary N) is 2. The van der Waals surface area contributed by atoms with Crippen molar-refractivity contribution in [2.75, 3.05) is 27.2 Å². The number of Topliss-reactive ketones (excluding diaryl/α,β-unsaturated/α-hetero) is 2. The number of non-ortho nitro benzene ring substituents is 2. The lowest BCUT2D eigenvalue weighted by atomic mass is 9.52. The van der Waals surface area contributed by atoms with Gasteiger partial charge in [0.1, 0.15) is 11.5 Å². The maximum absolute atomic E-state index is 12.9. The molecule has 10 atom stereocenters. The zero-order chi connectivity index (χ0) is 50.7. The number of benzene rings is 4. The number of piperidine rings is 2. The van der Waals surface area contributed by atoms with Crippen molar-refractivity contribution < 1.29 is 92.4 Å². The SMILES string of the molecule is C[NH+]1CCC23c4c5ccc(O)c4OC2C(=O)CCC3C1C5.C[NH+]1CCC23c4c5ccc(OC(=O)Oc6ccc([N+](=O)[O-])cc6)c4OC2C(=O)CCC3C1C5.ClC(Cl)Cl.O=C(Cl)Oc1ccc([N+](=O)[O-])cc1.[Cl-].[Cl-]. The molecule has 4 aromatic rings. The Balaban J connectivity index is 0.000000167. The first-order valence-corrected chi connectivity index (χ1v) is 24.8. The summed E-state index contributed by atoms with van der Waals surface area (Å²) in [6.07, 6.45) is 4.97. The molecule has 24 heteroatoms. The van der Waals surface area contributed by atoms with Crippen LogP contribution in [-0.4, -0.2) is 93.9 Å². The highest BCUT2D eigenvalue weighted by Gasteiger charge is 2.68. The molecule has 4 aliphatic heterocycles. The molecule has 0 amide bonds. The van der Waals surface area contributed by atoms with Gasteiger partial charge in [-0.1, -0.05) is 46.9 Å². The lowest BCUT2D eigenvalue weighted by Crippen LogP contribution is -3.16. The predicted octanol–water partition coefficient (Wildman–Crippen LogP) is 0.534. The van der Waals surface area contributed by atoms with E-state index in [0.717, 1.165) is 57.2 Å². The van der Waals surface area contributed by atoms with Crippen LogP contribution in [0.1, 0.15) is 60.8 Å². The fourth-order valence-electron chi connectivity index (χ4n) is 13.0. The summed E-state index contributed by atoms with van der Waals surface area (Å²) < 4.78 is 26.8. The molecule has 390 valence electrons. The zero-order valence-corrected chi connectivity index (χ0v) is 43.5. The normalized spacial score (nSPS) is 28.3. The smallest absolute Gasteiger partial charge is 0.519 e. The van der Waals surface area contributed by atoms with Crippen molar-refractivity contribution >= 4 is 80.9 Å². The summed E-state index contributed by atoms with van der Waals surface area (Å²) in [5.41, 5.74) is 3.02. The van der Waals surface area contributed by atoms with Crippen LogP contribution in [0.15, 0.2) is 72.8 Å². The van der Waals surface area contributed by atoms with Gasteiger partial charge in [0.05, 0.1) is 59.9 Å². The average molecular weight is 1130 g/mol. The number of carbonyl (C=O) groups excluding carboxylic acids is 4. The van der Waals surface area contributed by atoms with Crippen LogP contribution < -0.4 is 58.3 Å². The minimum Gasteiger partial charge on any atom is -1.00 e. The van der Waals surface area contributed by atoms with Crippen LogP contribution in [0.25, 0.3) is 0 Å². The van der Waals surface area contributed by atoms with Crippen LogP contribution >= 0.6 is 46.4 Å². The van der Waals surface area contributed by atoms with Gasteiger partial charge in [-0.15, -0.1) is 0 Å². The highest BCUT2D eigenvalue weighted by atomic mass is 35.6. The first-order chi connectivity index (χ1) is 33.8. The molecule has 4 bridgehead atoms. The molecule has 73 heavy (non-hydrogen) atoms. The van der Waals surface area contributed by atoms with E-state index in [9.17, 15) is 44.5 Å². The second-order valence-electron chi connectivity index (χ2n) is 19.0. The molecule has 0 aromatic heterocycles. The Bertz CT molecular complexity index is 2820. The van der Waals surface area contributed by atoms with E-state index in [0.29, 0.717) is 48.3 Å². The summed E-state index contributed by atoms with van der Waals surface area (Å²) in [6.45, 7) is 2.06. The van der Waals surface area contributed by atoms with Crippen molar-refractivity contribution in [3.8, 4) is 34.5 Å². The molecule has 0 radical (unpaired) electrons. The average Bonchev–Trinajstić information content (AvgIpc) is 3.87. The number of ketones is 2. The van der Waals surface area contributed by atoms with E-state index in [1.165, 1.54) is 70.1 Å². The summed E-state index contributed by atoms with van der Waals surface area (Å²) in [4.78, 5) is 71.2. The number of halogens is 6. The van der Waals surface area contributed by atoms with Crippen molar-refractivity contribution in [1.29, 1.82) is 0 Å². The molecule has 18 nitrogen and oxygen atoms in total. The third-order valence-electron chi connectivity index (χ3n) is 15.8. The molecule has 4 heterocycles. The van der Waals surface area contributed by atoms with Gasteiger partial charge < -0.3 is 63.4 Å². The van der Waals surface area contributed by atoms with Crippen molar-refractivity contribution in [2.45, 2.75) is 90.8 Å². The summed E-state index contributed by atoms with van der Waals surface area (Å²) in [7, 11) is 4.52.